The topological polar surface area (TPSA) is 121 Å². The highest BCUT2D eigenvalue weighted by molar-refractivity contribution is 8.00. The van der Waals surface area contributed by atoms with E-state index in [0.717, 1.165) is 25.0 Å². The first kappa shape index (κ1) is 20.8. The van der Waals surface area contributed by atoms with Gasteiger partial charge in [-0.05, 0) is 29.8 Å². The summed E-state index contributed by atoms with van der Waals surface area (Å²) >= 11 is 3.27. The first-order valence-electron chi connectivity index (χ1n) is 9.24. The number of aromatic nitrogens is 1. The monoisotopic (exact) mass is 455 g/mol. The number of carbonyl (C=O) groups is 4. The molecule has 4 rings (SSSR count). The SMILES string of the molecule is O=C(CN1C(=O)CNC1=O)NNC(=O)c1ccc(CSc2nc3ccccc3s2)cc1. The van der Waals surface area contributed by atoms with E-state index in [1.165, 1.54) is 0 Å². The zero-order chi connectivity index (χ0) is 21.8. The highest BCUT2D eigenvalue weighted by atomic mass is 32.2. The summed E-state index contributed by atoms with van der Waals surface area (Å²) in [4.78, 5) is 52.3. The third-order valence-corrected chi connectivity index (χ3v) is 6.66. The highest BCUT2D eigenvalue weighted by Gasteiger charge is 2.30. The summed E-state index contributed by atoms with van der Waals surface area (Å²) in [7, 11) is 0. The first-order chi connectivity index (χ1) is 15.0. The molecular weight excluding hydrogens is 438 g/mol. The van der Waals surface area contributed by atoms with Gasteiger partial charge in [-0.3, -0.25) is 30.1 Å². The average molecular weight is 456 g/mol. The standard InChI is InChI=1S/C20H17N5O4S2/c26-16(10-25-17(27)9-21-19(25)29)23-24-18(28)13-7-5-12(6-8-13)11-30-20-22-14-3-1-2-4-15(14)31-20/h1-8H,9-11H2,(H,21,29)(H,23,26)(H,24,28). The van der Waals surface area contributed by atoms with Crippen LogP contribution in [0.4, 0.5) is 4.79 Å². The Morgan fingerprint density at radius 3 is 2.58 bits per heavy atom. The number of carbonyl (C=O) groups excluding carboxylic acids is 4. The van der Waals surface area contributed by atoms with E-state index in [9.17, 15) is 19.2 Å². The van der Waals surface area contributed by atoms with Gasteiger partial charge >= 0.3 is 6.03 Å². The fourth-order valence-corrected chi connectivity index (χ4v) is 4.83. The number of benzene rings is 2. The summed E-state index contributed by atoms with van der Waals surface area (Å²) in [5, 5.41) is 2.31. The van der Waals surface area contributed by atoms with Crippen molar-refractivity contribution in [1.82, 2.24) is 26.1 Å². The summed E-state index contributed by atoms with van der Waals surface area (Å²) in [5.74, 6) is -0.964. The van der Waals surface area contributed by atoms with Crippen molar-refractivity contribution in [2.75, 3.05) is 13.1 Å². The maximum Gasteiger partial charge on any atom is 0.325 e. The van der Waals surface area contributed by atoms with E-state index in [0.29, 0.717) is 11.3 Å². The van der Waals surface area contributed by atoms with Crippen LogP contribution in [0.25, 0.3) is 10.2 Å². The first-order valence-corrected chi connectivity index (χ1v) is 11.0. The van der Waals surface area contributed by atoms with Crippen LogP contribution in [0.3, 0.4) is 0 Å². The number of nitrogens with zero attached hydrogens (tertiary/aromatic N) is 2. The number of hydrogen-bond donors (Lipinski definition) is 3. The maximum absolute atomic E-state index is 12.2. The lowest BCUT2D eigenvalue weighted by Gasteiger charge is -2.12. The van der Waals surface area contributed by atoms with Gasteiger partial charge in [0.05, 0.1) is 16.8 Å². The Labute approximate surface area is 185 Å². The fourth-order valence-electron chi connectivity index (χ4n) is 2.81. The highest BCUT2D eigenvalue weighted by Crippen LogP contribution is 2.31. The molecule has 2 heterocycles. The predicted octanol–water partition coefficient (Wildman–Crippen LogP) is 1.90. The largest absolute Gasteiger partial charge is 0.329 e. The summed E-state index contributed by atoms with van der Waals surface area (Å²) in [6, 6.07) is 14.3. The van der Waals surface area contributed by atoms with E-state index in [2.05, 4.69) is 21.2 Å². The van der Waals surface area contributed by atoms with Crippen molar-refractivity contribution in [3.8, 4) is 0 Å². The van der Waals surface area contributed by atoms with E-state index in [-0.39, 0.29) is 6.54 Å². The number of hydrazine groups is 1. The minimum atomic E-state index is -0.678. The molecule has 1 saturated heterocycles. The molecule has 1 aromatic heterocycles. The van der Waals surface area contributed by atoms with E-state index in [4.69, 9.17) is 0 Å². The Kier molecular flexibility index (Phi) is 6.14. The Morgan fingerprint density at radius 2 is 1.87 bits per heavy atom. The lowest BCUT2D eigenvalue weighted by Crippen LogP contribution is -2.47. The molecule has 0 atom stereocenters. The number of amides is 5. The van der Waals surface area contributed by atoms with Crippen molar-refractivity contribution in [2.24, 2.45) is 0 Å². The molecule has 2 aromatic carbocycles. The van der Waals surface area contributed by atoms with Crippen LogP contribution < -0.4 is 16.2 Å². The van der Waals surface area contributed by atoms with Crippen LogP contribution >= 0.6 is 23.1 Å². The van der Waals surface area contributed by atoms with Gasteiger partial charge in [0.25, 0.3) is 17.7 Å². The number of imide groups is 1. The Bertz CT molecular complexity index is 1110. The number of thiazole rings is 1. The molecule has 0 aliphatic carbocycles. The fraction of sp³-hybridized carbons (Fsp3) is 0.150. The molecular formula is C20H17N5O4S2. The molecule has 0 spiro atoms. The second-order valence-corrected chi connectivity index (χ2v) is 8.83. The molecule has 1 aliphatic rings. The second kappa shape index (κ2) is 9.14. The van der Waals surface area contributed by atoms with Crippen LogP contribution in [-0.2, 0) is 15.3 Å². The van der Waals surface area contributed by atoms with Crippen molar-refractivity contribution < 1.29 is 19.2 Å². The molecule has 1 aliphatic heterocycles. The lowest BCUT2D eigenvalue weighted by molar-refractivity contribution is -0.130. The van der Waals surface area contributed by atoms with Crippen LogP contribution in [0.2, 0.25) is 0 Å². The number of urea groups is 1. The van der Waals surface area contributed by atoms with Crippen molar-refractivity contribution in [3.63, 3.8) is 0 Å². The van der Waals surface area contributed by atoms with Gasteiger partial charge in [0.1, 0.15) is 6.54 Å². The van der Waals surface area contributed by atoms with Crippen LogP contribution in [0, 0.1) is 0 Å². The summed E-state index contributed by atoms with van der Waals surface area (Å²) in [6.07, 6.45) is 0. The van der Waals surface area contributed by atoms with Crippen molar-refractivity contribution in [3.05, 3.63) is 59.7 Å². The normalized spacial score (nSPS) is 13.4. The third kappa shape index (κ3) is 5.01. The number of thioether (sulfide) groups is 1. The smallest absolute Gasteiger partial charge is 0.325 e. The number of hydrogen-bond acceptors (Lipinski definition) is 7. The second-order valence-electron chi connectivity index (χ2n) is 6.57. The Balaban J connectivity index is 1.26. The Hall–Kier alpha value is -3.44. The van der Waals surface area contributed by atoms with Gasteiger partial charge in [-0.1, -0.05) is 36.0 Å². The van der Waals surface area contributed by atoms with Gasteiger partial charge in [-0.25, -0.2) is 9.78 Å². The average Bonchev–Trinajstić information content (AvgIpc) is 3.34. The molecule has 0 radical (unpaired) electrons. The van der Waals surface area contributed by atoms with Crippen molar-refractivity contribution >= 4 is 57.1 Å². The lowest BCUT2D eigenvalue weighted by atomic mass is 10.1. The predicted molar refractivity (Wildman–Crippen MR) is 116 cm³/mol. The molecule has 158 valence electrons. The summed E-state index contributed by atoms with van der Waals surface area (Å²) < 4.78 is 2.13. The number of nitrogens with one attached hydrogen (secondary N) is 3. The number of rotatable bonds is 6. The van der Waals surface area contributed by atoms with Gasteiger partial charge in [0.15, 0.2) is 4.34 Å². The molecule has 0 unspecified atom stereocenters. The molecule has 5 amide bonds. The van der Waals surface area contributed by atoms with E-state index in [1.54, 1.807) is 35.2 Å². The van der Waals surface area contributed by atoms with Crippen LogP contribution in [0.5, 0.6) is 0 Å². The van der Waals surface area contributed by atoms with Gasteiger partial charge in [0.2, 0.25) is 0 Å². The van der Waals surface area contributed by atoms with Crippen molar-refractivity contribution in [2.45, 2.75) is 10.1 Å². The van der Waals surface area contributed by atoms with Crippen LogP contribution in [-0.4, -0.2) is 46.7 Å². The minimum absolute atomic E-state index is 0.137. The number of fused-ring (bicyclic) bond motifs is 1. The quantitative estimate of drug-likeness (QED) is 0.297. The van der Waals surface area contributed by atoms with Crippen molar-refractivity contribution in [1.29, 1.82) is 0 Å². The molecule has 1 fully saturated rings. The third-order valence-electron chi connectivity index (χ3n) is 4.41. The molecule has 9 nitrogen and oxygen atoms in total. The van der Waals surface area contributed by atoms with Gasteiger partial charge in [-0.15, -0.1) is 11.3 Å². The molecule has 3 N–H and O–H groups in total. The molecule has 0 saturated carbocycles. The number of para-hydroxylation sites is 1. The minimum Gasteiger partial charge on any atom is -0.329 e. The van der Waals surface area contributed by atoms with Gasteiger partial charge in [0, 0.05) is 11.3 Å². The maximum atomic E-state index is 12.2. The molecule has 11 heteroatoms. The molecule has 3 aromatic rings. The molecule has 0 bridgehead atoms. The zero-order valence-corrected chi connectivity index (χ0v) is 17.7. The van der Waals surface area contributed by atoms with Crippen LogP contribution in [0.15, 0.2) is 52.9 Å². The zero-order valence-electron chi connectivity index (χ0n) is 16.1. The van der Waals surface area contributed by atoms with Gasteiger partial charge < -0.3 is 5.32 Å². The van der Waals surface area contributed by atoms with E-state index >= 15 is 0 Å². The Morgan fingerprint density at radius 1 is 1.10 bits per heavy atom. The van der Waals surface area contributed by atoms with E-state index < -0.39 is 30.3 Å². The summed E-state index contributed by atoms with van der Waals surface area (Å²) in [6.45, 7) is -0.602. The van der Waals surface area contributed by atoms with E-state index in [1.807, 2.05) is 36.4 Å². The van der Waals surface area contributed by atoms with Crippen LogP contribution in [0.1, 0.15) is 15.9 Å². The summed E-state index contributed by atoms with van der Waals surface area (Å²) in [5.41, 5.74) is 6.85. The van der Waals surface area contributed by atoms with Gasteiger partial charge in [-0.2, -0.15) is 0 Å². The molecule has 31 heavy (non-hydrogen) atoms.